The highest BCUT2D eigenvalue weighted by Gasteiger charge is 2.43. The fourth-order valence-corrected chi connectivity index (χ4v) is 5.28. The highest BCUT2D eigenvalue weighted by atomic mass is 19.4. The molecule has 0 amide bonds. The van der Waals surface area contributed by atoms with Gasteiger partial charge in [-0.15, -0.1) is 6.58 Å². The first-order valence-electron chi connectivity index (χ1n) is 9.57. The van der Waals surface area contributed by atoms with Crippen molar-refractivity contribution in [3.05, 3.63) is 82.9 Å². The predicted octanol–water partition coefficient (Wildman–Crippen LogP) is 7.01. The molecule has 2 aliphatic carbocycles. The van der Waals surface area contributed by atoms with E-state index >= 15 is 0 Å². The molecule has 4 unspecified atom stereocenters. The van der Waals surface area contributed by atoms with Gasteiger partial charge in [0.05, 0.1) is 5.56 Å². The Morgan fingerprint density at radius 3 is 2.32 bits per heavy atom. The Bertz CT molecular complexity index is 881. The molecule has 5 heteroatoms. The molecule has 148 valence electrons. The molecule has 0 heterocycles. The van der Waals surface area contributed by atoms with Gasteiger partial charge < -0.3 is 0 Å². The van der Waals surface area contributed by atoms with Gasteiger partial charge in [0.25, 0.3) is 0 Å². The number of fused-ring (bicyclic) bond motifs is 3. The average Bonchev–Trinajstić information content (AvgIpc) is 2.66. The van der Waals surface area contributed by atoms with Crippen LogP contribution in [0, 0.1) is 23.5 Å². The Kier molecular flexibility index (Phi) is 4.80. The summed E-state index contributed by atoms with van der Waals surface area (Å²) in [5.41, 5.74) is 1.49. The molecule has 2 aliphatic rings. The molecule has 2 aromatic carbocycles. The van der Waals surface area contributed by atoms with Gasteiger partial charge in [0.15, 0.2) is 0 Å². The van der Waals surface area contributed by atoms with Crippen molar-refractivity contribution in [1.29, 1.82) is 0 Å². The number of rotatable bonds is 2. The predicted molar refractivity (Wildman–Crippen MR) is 98.0 cm³/mol. The smallest absolute Gasteiger partial charge is 0.207 e. The van der Waals surface area contributed by atoms with Crippen molar-refractivity contribution in [1.82, 2.24) is 0 Å². The van der Waals surface area contributed by atoms with E-state index in [0.29, 0.717) is 12.0 Å². The summed E-state index contributed by atoms with van der Waals surface area (Å²) in [5, 5.41) is 0. The summed E-state index contributed by atoms with van der Waals surface area (Å²) >= 11 is 0. The summed E-state index contributed by atoms with van der Waals surface area (Å²) in [4.78, 5) is 0. The first kappa shape index (κ1) is 19.2. The van der Waals surface area contributed by atoms with Gasteiger partial charge in [0.1, 0.15) is 11.6 Å². The number of halogens is 5. The standard InChI is InChI=1S/C23H21F5/c1-2-13-5-8-17-19(10-9-18-20(17)11-16(24)12-21(18)25)22(13)14-3-6-15(7-4-14)23(26,27)28/h2-4,6-7,11-13,17,19,22H,1,5,8-10H2. The van der Waals surface area contributed by atoms with Crippen molar-refractivity contribution in [2.24, 2.45) is 11.8 Å². The van der Waals surface area contributed by atoms with Gasteiger partial charge >= 0.3 is 6.18 Å². The van der Waals surface area contributed by atoms with E-state index in [1.54, 1.807) is 12.1 Å². The second kappa shape index (κ2) is 7.02. The molecule has 4 atom stereocenters. The van der Waals surface area contributed by atoms with Gasteiger partial charge in [-0.25, -0.2) is 8.78 Å². The van der Waals surface area contributed by atoms with Crippen LogP contribution in [0.15, 0.2) is 49.1 Å². The van der Waals surface area contributed by atoms with E-state index < -0.39 is 23.4 Å². The average molecular weight is 392 g/mol. The Hall–Kier alpha value is -2.17. The lowest BCUT2D eigenvalue weighted by atomic mass is 9.58. The molecule has 0 nitrogen and oxygen atoms in total. The molecule has 1 fully saturated rings. The van der Waals surface area contributed by atoms with Gasteiger partial charge in [-0.1, -0.05) is 18.2 Å². The number of benzene rings is 2. The van der Waals surface area contributed by atoms with Crippen molar-refractivity contribution in [2.75, 3.05) is 0 Å². The highest BCUT2D eigenvalue weighted by Crippen LogP contribution is 2.54. The zero-order valence-corrected chi connectivity index (χ0v) is 15.3. The van der Waals surface area contributed by atoms with E-state index in [0.717, 1.165) is 48.6 Å². The Balaban J connectivity index is 1.73. The lowest BCUT2D eigenvalue weighted by Crippen LogP contribution is -2.35. The summed E-state index contributed by atoms with van der Waals surface area (Å²) in [5.74, 6) is -0.796. The summed E-state index contributed by atoms with van der Waals surface area (Å²) in [7, 11) is 0. The number of hydrogen-bond donors (Lipinski definition) is 0. The third-order valence-electron chi connectivity index (χ3n) is 6.50. The molecule has 2 aromatic rings. The lowest BCUT2D eigenvalue weighted by Gasteiger charge is -2.46. The molecule has 0 N–H and O–H groups in total. The van der Waals surface area contributed by atoms with E-state index in [9.17, 15) is 22.0 Å². The number of allylic oxidation sites excluding steroid dienone is 1. The Labute approximate surface area is 161 Å². The summed E-state index contributed by atoms with van der Waals surface area (Å²) in [6.45, 7) is 3.93. The zero-order chi connectivity index (χ0) is 20.1. The van der Waals surface area contributed by atoms with Crippen LogP contribution in [-0.2, 0) is 12.6 Å². The van der Waals surface area contributed by atoms with Crippen molar-refractivity contribution >= 4 is 0 Å². The SMILES string of the molecule is C=CC1CCC2c3cc(F)cc(F)c3CCC2C1c1ccc(C(F)(F)F)cc1. The molecule has 0 saturated heterocycles. The topological polar surface area (TPSA) is 0 Å². The quantitative estimate of drug-likeness (QED) is 0.381. The van der Waals surface area contributed by atoms with Crippen molar-refractivity contribution in [2.45, 2.75) is 43.7 Å². The summed E-state index contributed by atoms with van der Waals surface area (Å²) < 4.78 is 66.9. The number of hydrogen-bond acceptors (Lipinski definition) is 0. The minimum atomic E-state index is -4.37. The van der Waals surface area contributed by atoms with Crippen LogP contribution in [0.3, 0.4) is 0 Å². The summed E-state index contributed by atoms with van der Waals surface area (Å²) in [6.07, 6.45) is 0.354. The molecular formula is C23H21F5. The van der Waals surface area contributed by atoms with E-state index in [1.807, 2.05) is 6.08 Å². The van der Waals surface area contributed by atoms with Crippen molar-refractivity contribution < 1.29 is 22.0 Å². The second-order valence-corrected chi connectivity index (χ2v) is 7.89. The molecule has 4 rings (SSSR count). The first-order chi connectivity index (χ1) is 13.3. The fourth-order valence-electron chi connectivity index (χ4n) is 5.28. The largest absolute Gasteiger partial charge is 0.416 e. The molecule has 28 heavy (non-hydrogen) atoms. The maximum absolute atomic E-state index is 14.2. The molecular weight excluding hydrogens is 371 g/mol. The van der Waals surface area contributed by atoms with Gasteiger partial charge in [-0.2, -0.15) is 13.2 Å². The van der Waals surface area contributed by atoms with Gasteiger partial charge in [-0.05, 0) is 84.2 Å². The second-order valence-electron chi connectivity index (χ2n) is 7.89. The Morgan fingerprint density at radius 1 is 0.964 bits per heavy atom. The zero-order valence-electron chi connectivity index (χ0n) is 15.3. The molecule has 0 aromatic heterocycles. The molecule has 0 bridgehead atoms. The molecule has 0 radical (unpaired) electrons. The first-order valence-corrected chi connectivity index (χ1v) is 9.57. The van der Waals surface area contributed by atoms with Crippen LogP contribution < -0.4 is 0 Å². The minimum absolute atomic E-state index is 0.00184. The molecule has 0 spiro atoms. The van der Waals surface area contributed by atoms with E-state index in [1.165, 1.54) is 6.07 Å². The van der Waals surface area contributed by atoms with Crippen LogP contribution in [0.5, 0.6) is 0 Å². The van der Waals surface area contributed by atoms with Crippen LogP contribution in [0.25, 0.3) is 0 Å². The van der Waals surface area contributed by atoms with Crippen LogP contribution in [0.2, 0.25) is 0 Å². The third-order valence-corrected chi connectivity index (χ3v) is 6.50. The monoisotopic (exact) mass is 392 g/mol. The normalized spacial score (nSPS) is 27.0. The van der Waals surface area contributed by atoms with Crippen LogP contribution in [0.1, 0.15) is 53.4 Å². The molecule has 0 aliphatic heterocycles. The van der Waals surface area contributed by atoms with Gasteiger partial charge in [0.2, 0.25) is 0 Å². The maximum Gasteiger partial charge on any atom is 0.416 e. The van der Waals surface area contributed by atoms with Crippen LogP contribution >= 0.6 is 0 Å². The number of alkyl halides is 3. The maximum atomic E-state index is 14.2. The Morgan fingerprint density at radius 2 is 1.68 bits per heavy atom. The summed E-state index contributed by atoms with van der Waals surface area (Å²) in [6, 6.07) is 7.71. The minimum Gasteiger partial charge on any atom is -0.207 e. The molecule has 1 saturated carbocycles. The van der Waals surface area contributed by atoms with Gasteiger partial charge in [0, 0.05) is 6.07 Å². The van der Waals surface area contributed by atoms with Crippen molar-refractivity contribution in [3.8, 4) is 0 Å². The fraction of sp³-hybridized carbons (Fsp3) is 0.391. The van der Waals surface area contributed by atoms with E-state index in [2.05, 4.69) is 6.58 Å². The van der Waals surface area contributed by atoms with E-state index in [-0.39, 0.29) is 23.7 Å². The van der Waals surface area contributed by atoms with Crippen LogP contribution in [0.4, 0.5) is 22.0 Å². The lowest BCUT2D eigenvalue weighted by molar-refractivity contribution is -0.137. The van der Waals surface area contributed by atoms with Crippen LogP contribution in [-0.4, -0.2) is 0 Å². The van der Waals surface area contributed by atoms with Gasteiger partial charge in [-0.3, -0.25) is 0 Å². The van der Waals surface area contributed by atoms with Crippen molar-refractivity contribution in [3.63, 3.8) is 0 Å². The third kappa shape index (κ3) is 3.25. The van der Waals surface area contributed by atoms with E-state index in [4.69, 9.17) is 0 Å². The highest BCUT2D eigenvalue weighted by molar-refractivity contribution is 5.39.